The van der Waals surface area contributed by atoms with E-state index in [1.807, 2.05) is 12.1 Å². The molecule has 4 fully saturated rings. The van der Waals surface area contributed by atoms with Crippen molar-refractivity contribution in [3.63, 3.8) is 0 Å². The van der Waals surface area contributed by atoms with Gasteiger partial charge in [0.15, 0.2) is 5.60 Å². The third-order valence-electron chi connectivity index (χ3n) is 9.85. The molecule has 1 heterocycles. The molecule has 0 unspecified atom stereocenters. The molecule has 172 valence electrons. The molecule has 0 aromatic carbocycles. The second-order valence-corrected chi connectivity index (χ2v) is 11.1. The highest BCUT2D eigenvalue weighted by Gasteiger charge is 2.62. The number of carbonyl (C=O) groups excluding carboxylic acids is 1. The first-order valence-electron chi connectivity index (χ1n) is 12.0. The number of fused-ring (bicyclic) bond motifs is 5. The molecule has 1 aromatic rings. The molecular weight excluding hydrogens is 405 g/mol. The van der Waals surface area contributed by atoms with Gasteiger partial charge in [-0.1, -0.05) is 6.92 Å². The Morgan fingerprint density at radius 2 is 1.87 bits per heavy atom. The summed E-state index contributed by atoms with van der Waals surface area (Å²) in [6, 6.07) is 3.67. The van der Waals surface area contributed by atoms with Crippen molar-refractivity contribution in [3.8, 4) is 0 Å². The summed E-state index contributed by atoms with van der Waals surface area (Å²) in [6.07, 6.45) is 3.31. The Hall–Kier alpha value is -1.30. The van der Waals surface area contributed by atoms with Gasteiger partial charge in [0, 0.05) is 5.92 Å². The minimum atomic E-state index is -4.53. The fraction of sp³-hybridized carbons (Fsp3) is 0.800. The van der Waals surface area contributed by atoms with Crippen LogP contribution in [0.3, 0.4) is 0 Å². The summed E-state index contributed by atoms with van der Waals surface area (Å²) in [6.45, 7) is 2.29. The van der Waals surface area contributed by atoms with E-state index in [9.17, 15) is 23.1 Å². The molecule has 8 atom stereocenters. The number of Topliss-reactive ketones (excluding diaryl/α,β-unsaturated/α-hetero) is 1. The van der Waals surface area contributed by atoms with Crippen LogP contribution < -0.4 is 0 Å². The number of halogens is 3. The molecule has 4 aliphatic rings. The monoisotopic (exact) mass is 438 g/mol. The molecule has 4 aliphatic carbocycles. The van der Waals surface area contributed by atoms with E-state index in [1.165, 1.54) is 0 Å². The van der Waals surface area contributed by atoms with Gasteiger partial charge >= 0.3 is 6.18 Å². The van der Waals surface area contributed by atoms with E-state index >= 15 is 0 Å². The number of ketones is 1. The molecule has 0 spiro atoms. The van der Waals surface area contributed by atoms with Crippen LogP contribution in [0.15, 0.2) is 22.8 Å². The Morgan fingerprint density at radius 1 is 1.10 bits per heavy atom. The van der Waals surface area contributed by atoms with Crippen LogP contribution in [0.25, 0.3) is 0 Å². The molecule has 0 radical (unpaired) electrons. The van der Waals surface area contributed by atoms with Crippen molar-refractivity contribution in [1.82, 2.24) is 0 Å². The summed E-state index contributed by atoms with van der Waals surface area (Å²) in [7, 11) is 0. The zero-order valence-corrected chi connectivity index (χ0v) is 18.2. The minimum absolute atomic E-state index is 0.000940. The van der Waals surface area contributed by atoms with Crippen molar-refractivity contribution < 1.29 is 27.5 Å². The molecule has 4 saturated carbocycles. The molecule has 0 amide bonds. The number of rotatable bonds is 3. The van der Waals surface area contributed by atoms with Gasteiger partial charge in [0.2, 0.25) is 0 Å². The van der Waals surface area contributed by atoms with E-state index in [0.29, 0.717) is 36.5 Å². The Labute approximate surface area is 181 Å². The second kappa shape index (κ2) is 7.36. The number of furan rings is 1. The maximum Gasteiger partial charge on any atom is 0.417 e. The summed E-state index contributed by atoms with van der Waals surface area (Å²) in [5, 5.41) is 10.3. The third kappa shape index (κ3) is 3.39. The summed E-state index contributed by atoms with van der Waals surface area (Å²) in [5.41, 5.74) is -2.50. The summed E-state index contributed by atoms with van der Waals surface area (Å²) in [4.78, 5) is 13.1. The highest BCUT2D eigenvalue weighted by molar-refractivity contribution is 5.84. The summed E-state index contributed by atoms with van der Waals surface area (Å²) in [5.74, 6) is 2.79. The molecule has 3 nitrogen and oxygen atoms in total. The Bertz CT molecular complexity index is 818. The second-order valence-electron chi connectivity index (χ2n) is 11.1. The van der Waals surface area contributed by atoms with Gasteiger partial charge in [-0.3, -0.25) is 4.79 Å². The molecular formula is C25H33F3O3. The first-order valence-corrected chi connectivity index (χ1v) is 12.0. The maximum atomic E-state index is 13.4. The van der Waals surface area contributed by atoms with E-state index in [1.54, 1.807) is 6.26 Å². The lowest BCUT2D eigenvalue weighted by Gasteiger charge is -2.57. The quantitative estimate of drug-likeness (QED) is 0.634. The highest BCUT2D eigenvalue weighted by atomic mass is 19.4. The van der Waals surface area contributed by atoms with Crippen molar-refractivity contribution in [1.29, 1.82) is 0 Å². The number of alkyl halides is 3. The van der Waals surface area contributed by atoms with Crippen LogP contribution in [-0.2, 0) is 11.2 Å². The van der Waals surface area contributed by atoms with Crippen molar-refractivity contribution in [2.45, 2.75) is 82.9 Å². The molecule has 1 aromatic heterocycles. The summed E-state index contributed by atoms with van der Waals surface area (Å²) >= 11 is 0. The van der Waals surface area contributed by atoms with Crippen LogP contribution in [-0.4, -0.2) is 22.7 Å². The van der Waals surface area contributed by atoms with E-state index in [4.69, 9.17) is 4.42 Å². The molecule has 1 N–H and O–H groups in total. The van der Waals surface area contributed by atoms with Gasteiger partial charge in [-0.25, -0.2) is 0 Å². The van der Waals surface area contributed by atoms with Crippen molar-refractivity contribution >= 4 is 5.78 Å². The number of aliphatic hydroxyl groups is 1. The van der Waals surface area contributed by atoms with Crippen LogP contribution >= 0.6 is 0 Å². The lowest BCUT2D eigenvalue weighted by molar-refractivity contribution is -0.282. The first-order chi connectivity index (χ1) is 14.6. The Kier molecular flexibility index (Phi) is 5.11. The van der Waals surface area contributed by atoms with E-state index in [0.717, 1.165) is 44.3 Å². The molecule has 0 saturated heterocycles. The number of carbonyl (C=O) groups is 1. The average molecular weight is 439 g/mol. The normalized spacial score (nSPS) is 44.9. The van der Waals surface area contributed by atoms with E-state index in [-0.39, 0.29) is 35.9 Å². The van der Waals surface area contributed by atoms with Gasteiger partial charge in [-0.15, -0.1) is 0 Å². The number of hydrogen-bond acceptors (Lipinski definition) is 3. The van der Waals surface area contributed by atoms with Crippen LogP contribution in [0.2, 0.25) is 0 Å². The predicted molar refractivity (Wildman–Crippen MR) is 109 cm³/mol. The fourth-order valence-corrected chi connectivity index (χ4v) is 8.37. The standard InChI is InChI=1S/C25H33F3O3/c1-23-10-8-18-17-9-11-24(30,25(26,27)28)14-15(17)4-5-19(18)20(23)6-7-21(23)22(29)13-16-3-2-12-31-16/h2-3,12,15,17-21,30H,4-11,13-14H2,1H3/t15-,17-,18+,19+,20-,21+,23-,24+/m0/s1. The van der Waals surface area contributed by atoms with Crippen LogP contribution in [0.4, 0.5) is 13.2 Å². The zero-order chi connectivity index (χ0) is 22.0. The SMILES string of the molecule is C[C@]12CC[C@H]3[C@@H](CC[C@H]4C[C@@](O)(C(F)(F)F)CC[C@@H]43)[C@@H]1CC[C@@H]2C(=O)Cc1ccco1. The lowest BCUT2D eigenvalue weighted by atomic mass is 9.48. The Morgan fingerprint density at radius 3 is 2.58 bits per heavy atom. The zero-order valence-electron chi connectivity index (χ0n) is 18.2. The molecule has 31 heavy (non-hydrogen) atoms. The molecule has 5 rings (SSSR count). The Balaban J connectivity index is 1.30. The number of hydrogen-bond donors (Lipinski definition) is 1. The van der Waals surface area contributed by atoms with Gasteiger partial charge in [0.05, 0.1) is 12.7 Å². The third-order valence-corrected chi connectivity index (χ3v) is 9.85. The maximum absolute atomic E-state index is 13.4. The van der Waals surface area contributed by atoms with Crippen molar-refractivity contribution in [2.75, 3.05) is 0 Å². The van der Waals surface area contributed by atoms with Gasteiger partial charge in [0.1, 0.15) is 11.5 Å². The first kappa shape index (κ1) is 21.5. The van der Waals surface area contributed by atoms with Gasteiger partial charge in [0.25, 0.3) is 0 Å². The molecule has 0 aliphatic heterocycles. The van der Waals surface area contributed by atoms with Gasteiger partial charge < -0.3 is 9.52 Å². The molecule has 0 bridgehead atoms. The van der Waals surface area contributed by atoms with Crippen molar-refractivity contribution in [3.05, 3.63) is 24.2 Å². The van der Waals surface area contributed by atoms with Crippen LogP contribution in [0.1, 0.15) is 70.5 Å². The fourth-order valence-electron chi connectivity index (χ4n) is 8.37. The van der Waals surface area contributed by atoms with Gasteiger partial charge in [-0.05, 0) is 105 Å². The smallest absolute Gasteiger partial charge is 0.417 e. The lowest BCUT2D eigenvalue weighted by Crippen LogP contribution is -2.55. The van der Waals surface area contributed by atoms with Crippen molar-refractivity contribution in [2.24, 2.45) is 40.9 Å². The van der Waals surface area contributed by atoms with Gasteiger partial charge in [-0.2, -0.15) is 13.2 Å². The predicted octanol–water partition coefficient (Wildman–Crippen LogP) is 5.95. The summed E-state index contributed by atoms with van der Waals surface area (Å²) < 4.78 is 45.6. The molecule has 6 heteroatoms. The van der Waals surface area contributed by atoms with Crippen LogP contribution in [0, 0.1) is 40.9 Å². The highest BCUT2D eigenvalue weighted by Crippen LogP contribution is 2.65. The van der Waals surface area contributed by atoms with E-state index < -0.39 is 11.8 Å². The van der Waals surface area contributed by atoms with E-state index in [2.05, 4.69) is 6.92 Å². The average Bonchev–Trinajstić information content (AvgIpc) is 3.33. The topological polar surface area (TPSA) is 50.4 Å². The largest absolute Gasteiger partial charge is 0.469 e. The van der Waals surface area contributed by atoms with Crippen LogP contribution in [0.5, 0.6) is 0 Å². The minimum Gasteiger partial charge on any atom is -0.469 e.